The smallest absolute Gasteiger partial charge is 0.242 e. The second kappa shape index (κ2) is 7.50. The lowest BCUT2D eigenvalue weighted by Crippen LogP contribution is -2.45. The molecule has 124 valence electrons. The van der Waals surface area contributed by atoms with Crippen molar-refractivity contribution in [3.8, 4) is 0 Å². The van der Waals surface area contributed by atoms with Crippen molar-refractivity contribution in [1.82, 2.24) is 14.1 Å². The van der Waals surface area contributed by atoms with E-state index in [0.717, 1.165) is 39.1 Å². The molecule has 7 heteroatoms. The van der Waals surface area contributed by atoms with Gasteiger partial charge in [0, 0.05) is 39.8 Å². The van der Waals surface area contributed by atoms with Crippen molar-refractivity contribution in [3.63, 3.8) is 0 Å². The number of sulfonamides is 1. The molecule has 5 nitrogen and oxygen atoms in total. The van der Waals surface area contributed by atoms with Gasteiger partial charge in [0.25, 0.3) is 0 Å². The highest BCUT2D eigenvalue weighted by Gasteiger charge is 2.21. The molecule has 0 amide bonds. The van der Waals surface area contributed by atoms with Crippen LogP contribution in [0.15, 0.2) is 29.2 Å². The van der Waals surface area contributed by atoms with Crippen molar-refractivity contribution in [2.75, 3.05) is 53.4 Å². The summed E-state index contributed by atoms with van der Waals surface area (Å²) in [5.41, 5.74) is 0. The van der Waals surface area contributed by atoms with Crippen LogP contribution in [0.2, 0.25) is 0 Å². The predicted octanol–water partition coefficient (Wildman–Crippen LogP) is 1.08. The molecule has 0 N–H and O–H groups in total. The van der Waals surface area contributed by atoms with Crippen LogP contribution in [0.5, 0.6) is 0 Å². The van der Waals surface area contributed by atoms with E-state index in [0.29, 0.717) is 6.54 Å². The lowest BCUT2D eigenvalue weighted by molar-refractivity contribution is 0.151. The van der Waals surface area contributed by atoms with Crippen molar-refractivity contribution in [1.29, 1.82) is 0 Å². The molecular formula is C15H24FN3O2S. The fraction of sp³-hybridized carbons (Fsp3) is 0.600. The van der Waals surface area contributed by atoms with Crippen LogP contribution in [0, 0.1) is 5.82 Å². The molecule has 1 aliphatic rings. The van der Waals surface area contributed by atoms with Gasteiger partial charge in [-0.1, -0.05) is 0 Å². The molecule has 2 rings (SSSR count). The molecule has 1 aromatic rings. The molecule has 1 heterocycles. The highest BCUT2D eigenvalue weighted by Crippen LogP contribution is 2.15. The fourth-order valence-corrected chi connectivity index (χ4v) is 3.70. The Balaban J connectivity index is 1.83. The van der Waals surface area contributed by atoms with Crippen LogP contribution in [-0.2, 0) is 10.0 Å². The molecule has 1 saturated heterocycles. The first-order chi connectivity index (χ1) is 10.4. The van der Waals surface area contributed by atoms with Crippen LogP contribution in [-0.4, -0.2) is 75.9 Å². The molecule has 0 unspecified atom stereocenters. The van der Waals surface area contributed by atoms with E-state index in [2.05, 4.69) is 16.8 Å². The predicted molar refractivity (Wildman–Crippen MR) is 84.8 cm³/mol. The Hall–Kier alpha value is -1.02. The molecular weight excluding hydrogens is 305 g/mol. The zero-order chi connectivity index (χ0) is 16.2. The van der Waals surface area contributed by atoms with Crippen LogP contribution >= 0.6 is 0 Å². The van der Waals surface area contributed by atoms with Gasteiger partial charge in [-0.25, -0.2) is 17.1 Å². The van der Waals surface area contributed by atoms with Gasteiger partial charge in [-0.2, -0.15) is 0 Å². The maximum absolute atomic E-state index is 12.9. The minimum absolute atomic E-state index is 0.135. The van der Waals surface area contributed by atoms with Gasteiger partial charge < -0.3 is 9.80 Å². The second-order valence-electron chi connectivity index (χ2n) is 5.78. The summed E-state index contributed by atoms with van der Waals surface area (Å²) < 4.78 is 38.9. The first-order valence-electron chi connectivity index (χ1n) is 7.52. The van der Waals surface area contributed by atoms with E-state index in [-0.39, 0.29) is 4.90 Å². The van der Waals surface area contributed by atoms with Crippen LogP contribution in [0.4, 0.5) is 4.39 Å². The minimum Gasteiger partial charge on any atom is -0.304 e. The van der Waals surface area contributed by atoms with Crippen LogP contribution in [0.25, 0.3) is 0 Å². The van der Waals surface area contributed by atoms with Crippen molar-refractivity contribution >= 4 is 10.0 Å². The molecule has 1 aromatic carbocycles. The first-order valence-corrected chi connectivity index (χ1v) is 8.96. The Kier molecular flexibility index (Phi) is 5.91. The second-order valence-corrected chi connectivity index (χ2v) is 7.82. The largest absolute Gasteiger partial charge is 0.304 e. The molecule has 1 fully saturated rings. The molecule has 0 spiro atoms. The average molecular weight is 329 g/mol. The first kappa shape index (κ1) is 17.3. The van der Waals surface area contributed by atoms with Gasteiger partial charge >= 0.3 is 0 Å². The zero-order valence-corrected chi connectivity index (χ0v) is 14.0. The van der Waals surface area contributed by atoms with E-state index in [1.165, 1.54) is 28.6 Å². The number of halogens is 1. The third-order valence-corrected chi connectivity index (χ3v) is 5.94. The van der Waals surface area contributed by atoms with Crippen molar-refractivity contribution in [3.05, 3.63) is 30.1 Å². The van der Waals surface area contributed by atoms with E-state index < -0.39 is 15.8 Å². The summed E-state index contributed by atoms with van der Waals surface area (Å²) in [4.78, 5) is 4.79. The molecule has 0 radical (unpaired) electrons. The standard InChI is InChI=1S/C15H24FN3O2S/c1-17-10-12-19(13-11-17)9-3-8-18(2)22(20,21)15-6-4-14(16)5-7-15/h4-7H,3,8-13H2,1-2H3. The molecule has 0 bridgehead atoms. The zero-order valence-electron chi connectivity index (χ0n) is 13.2. The number of benzene rings is 1. The average Bonchev–Trinajstić information content (AvgIpc) is 2.49. The van der Waals surface area contributed by atoms with Gasteiger partial charge in [-0.05, 0) is 44.3 Å². The van der Waals surface area contributed by atoms with Crippen LogP contribution < -0.4 is 0 Å². The summed E-state index contributed by atoms with van der Waals surface area (Å²) in [6, 6.07) is 4.96. The summed E-state index contributed by atoms with van der Waals surface area (Å²) in [5, 5.41) is 0. The summed E-state index contributed by atoms with van der Waals surface area (Å²) >= 11 is 0. The highest BCUT2D eigenvalue weighted by atomic mass is 32.2. The number of hydrogen-bond acceptors (Lipinski definition) is 4. The van der Waals surface area contributed by atoms with Gasteiger partial charge in [-0.3, -0.25) is 0 Å². The Morgan fingerprint density at radius 3 is 2.32 bits per heavy atom. The van der Waals surface area contributed by atoms with Gasteiger partial charge in [0.1, 0.15) is 5.82 Å². The van der Waals surface area contributed by atoms with E-state index in [1.807, 2.05) is 0 Å². The molecule has 22 heavy (non-hydrogen) atoms. The number of likely N-dealkylation sites (N-methyl/N-ethyl adjacent to an activating group) is 1. The lowest BCUT2D eigenvalue weighted by Gasteiger charge is -2.32. The Bertz CT molecular complexity index is 569. The highest BCUT2D eigenvalue weighted by molar-refractivity contribution is 7.89. The summed E-state index contributed by atoms with van der Waals surface area (Å²) in [6.45, 7) is 5.55. The maximum atomic E-state index is 12.9. The molecule has 0 aromatic heterocycles. The molecule has 0 saturated carbocycles. The van der Waals surface area contributed by atoms with Crippen LogP contribution in [0.3, 0.4) is 0 Å². The van der Waals surface area contributed by atoms with Gasteiger partial charge in [0.05, 0.1) is 4.90 Å². The maximum Gasteiger partial charge on any atom is 0.242 e. The van der Waals surface area contributed by atoms with E-state index in [9.17, 15) is 12.8 Å². The monoisotopic (exact) mass is 329 g/mol. The normalized spacial score (nSPS) is 18.0. The third-order valence-electron chi connectivity index (χ3n) is 4.07. The summed E-state index contributed by atoms with van der Waals surface area (Å²) in [7, 11) is 0.156. The van der Waals surface area contributed by atoms with Gasteiger partial charge in [-0.15, -0.1) is 0 Å². The van der Waals surface area contributed by atoms with Crippen molar-refractivity contribution in [2.24, 2.45) is 0 Å². The Morgan fingerprint density at radius 1 is 1.14 bits per heavy atom. The van der Waals surface area contributed by atoms with E-state index >= 15 is 0 Å². The number of nitrogens with zero attached hydrogens (tertiary/aromatic N) is 3. The summed E-state index contributed by atoms with van der Waals surface area (Å²) in [6.07, 6.45) is 0.792. The quantitative estimate of drug-likeness (QED) is 0.783. The lowest BCUT2D eigenvalue weighted by atomic mass is 10.3. The fourth-order valence-electron chi connectivity index (χ4n) is 2.50. The number of hydrogen-bond donors (Lipinski definition) is 0. The van der Waals surface area contributed by atoms with Gasteiger partial charge in [0.15, 0.2) is 0 Å². The topological polar surface area (TPSA) is 43.9 Å². The third kappa shape index (κ3) is 4.49. The van der Waals surface area contributed by atoms with E-state index in [4.69, 9.17) is 0 Å². The Labute approximate surface area is 132 Å². The minimum atomic E-state index is -3.53. The molecule has 1 aliphatic heterocycles. The number of piperazine rings is 1. The van der Waals surface area contributed by atoms with Gasteiger partial charge in [0.2, 0.25) is 10.0 Å². The number of rotatable bonds is 6. The Morgan fingerprint density at radius 2 is 1.73 bits per heavy atom. The van der Waals surface area contributed by atoms with E-state index in [1.54, 1.807) is 7.05 Å². The summed E-state index contributed by atoms with van der Waals surface area (Å²) in [5.74, 6) is -0.434. The molecule has 0 aliphatic carbocycles. The van der Waals surface area contributed by atoms with Crippen LogP contribution in [0.1, 0.15) is 6.42 Å². The SMILES string of the molecule is CN1CCN(CCCN(C)S(=O)(=O)c2ccc(F)cc2)CC1. The van der Waals surface area contributed by atoms with Crippen molar-refractivity contribution in [2.45, 2.75) is 11.3 Å². The molecule has 0 atom stereocenters. The van der Waals surface area contributed by atoms with Crippen molar-refractivity contribution < 1.29 is 12.8 Å².